The van der Waals surface area contributed by atoms with Crippen molar-refractivity contribution in [3.05, 3.63) is 131 Å². The zero-order valence-electron chi connectivity index (χ0n) is 72.8. The number of hydrogen-bond acceptors (Lipinski definition) is 25. The Bertz CT molecular complexity index is 4570. The number of halogens is 3. The molecule has 8 N–H and O–H groups in total. The van der Waals surface area contributed by atoms with Gasteiger partial charge in [-0.15, -0.1) is 34.8 Å². The summed E-state index contributed by atoms with van der Waals surface area (Å²) in [6, 6.07) is 14.8. The minimum atomic E-state index is -1.55. The van der Waals surface area contributed by atoms with Crippen molar-refractivity contribution in [1.82, 2.24) is 0 Å². The van der Waals surface area contributed by atoms with Crippen molar-refractivity contribution >= 4 is 87.5 Å². The second kappa shape index (κ2) is 36.0. The van der Waals surface area contributed by atoms with Gasteiger partial charge in [-0.2, -0.15) is 0 Å². The molecule has 2 spiro atoms. The molecule has 2 heterocycles. The number of fused-ring (bicyclic) bond motifs is 17. The van der Waals surface area contributed by atoms with Crippen molar-refractivity contribution in [3.8, 4) is 11.5 Å². The van der Waals surface area contributed by atoms with Gasteiger partial charge in [0.15, 0.2) is 49.5 Å². The smallest absolute Gasteiger partial charge is 0.306 e. The van der Waals surface area contributed by atoms with E-state index < -0.39 is 111 Å². The Morgan fingerprint density at radius 1 is 0.533 bits per heavy atom. The van der Waals surface area contributed by atoms with E-state index in [0.29, 0.717) is 68.1 Å². The normalized spacial score (nSPS) is 42.3. The summed E-state index contributed by atoms with van der Waals surface area (Å²) in [5.41, 5.74) is -0.931. The van der Waals surface area contributed by atoms with Gasteiger partial charge in [-0.1, -0.05) is 160 Å². The second-order valence-corrected chi connectivity index (χ2v) is 39.5. The van der Waals surface area contributed by atoms with Crippen LogP contribution < -0.4 is 10.7 Å². The summed E-state index contributed by atoms with van der Waals surface area (Å²) in [5.74, 6) is -0.605. The van der Waals surface area contributed by atoms with Crippen LogP contribution in [-0.2, 0) is 71.5 Å². The highest BCUT2D eigenvalue weighted by molar-refractivity contribution is 6.22. The van der Waals surface area contributed by atoms with Crippen LogP contribution in [0.2, 0.25) is 0 Å². The van der Waals surface area contributed by atoms with Crippen LogP contribution in [0.3, 0.4) is 0 Å². The molecule has 12 aliphatic carbocycles. The number of nitrogens with two attached hydrogens (primary N) is 1. The number of ketones is 3. The summed E-state index contributed by atoms with van der Waals surface area (Å²) < 4.78 is 47.0. The highest BCUT2D eigenvalue weighted by Gasteiger charge is 2.81. The Morgan fingerprint density at radius 3 is 1.37 bits per heavy atom. The molecule has 122 heavy (non-hydrogen) atoms. The minimum absolute atomic E-state index is 0.00944. The monoisotopic (exact) mass is 1750 g/mol. The number of aliphatic hydroxyl groups is 3. The van der Waals surface area contributed by atoms with Gasteiger partial charge in [-0.3, -0.25) is 33.6 Å². The average molecular weight is 1750 g/mol. The van der Waals surface area contributed by atoms with Crippen LogP contribution >= 0.6 is 34.8 Å². The zero-order valence-corrected chi connectivity index (χ0v) is 75.0. The standard InChI is InChI=1S/C35H44ClNO7.C28H38ClNO7.C24H31ClO6.C7H8O.H3NO/c1-7-29(40)42-19-28(39)35(43-30(41)8-2)21(4)15-25-31-26(36)17-22-16-23(37-44-24-11-9-10-20(3)14-24)12-13-33(22,5)32(31)27(38)18-34(25,35)6;1-6-22(33)36-14-21(32)28(37-23(34)7-2)15(3)10-18-24-19(29)12-16-11-17(30-35)8-9-26(16,4)25(24)20(31)13-27(18,28)5;1-13-6-16-19-17(25)8-14-7-15(26)4-5-21(14,2)20(19)18(27)9-22(16,3)24(13)23(30-12-31-24)10-28-11-29-23;1-6-3-2-4-7(8)5-6;1-2/h9-14,16,21,25-27,31-32,38H,7-8,15,17-19H2,1-6H3;8-9,11,15,18-20,24-25,31,35H,6-7,10,12-14H2,1-5H3;4-5,7,13,16-20,27H,6,8-12H2,1-3H3;2-5,8H,1H3;2H,1H2/b37-23+;30-17-;;;/t21-,25+,26-,27+,31-,32+,33+,34+,35+;15-,18+,19-,20+,24-,25+,26+,27+,28+;13-,16+,17-,18+,19-,20+,21+,22+,23?,24-;;/m111../s1. The van der Waals surface area contributed by atoms with Gasteiger partial charge in [-0.05, 0) is 185 Å². The Hall–Kier alpha value is -6.98. The highest BCUT2D eigenvalue weighted by atomic mass is 35.5. The number of allylic oxidation sites excluding steroid dienone is 12. The van der Waals surface area contributed by atoms with Crippen molar-refractivity contribution in [2.24, 2.45) is 120 Å². The molecule has 0 bridgehead atoms. The van der Waals surface area contributed by atoms with Gasteiger partial charge in [0.2, 0.25) is 17.4 Å². The number of carbonyl (C=O) groups is 7. The van der Waals surface area contributed by atoms with E-state index in [4.69, 9.17) is 87.8 Å². The van der Waals surface area contributed by atoms with E-state index >= 15 is 0 Å². The van der Waals surface area contributed by atoms with Gasteiger partial charge in [-0.25, -0.2) is 5.90 Å². The molecule has 1 unspecified atom stereocenters. The van der Waals surface area contributed by atoms with Crippen molar-refractivity contribution in [2.75, 3.05) is 33.4 Å². The fourth-order valence-corrected chi connectivity index (χ4v) is 27.9. The number of nitrogens with zero attached hydrogens (tertiary/aromatic N) is 2. The number of aliphatic hydroxyl groups excluding tert-OH is 3. The van der Waals surface area contributed by atoms with E-state index in [1.165, 1.54) is 0 Å². The molecule has 668 valence electrons. The molecule has 11 fully saturated rings. The third kappa shape index (κ3) is 15.5. The molecule has 14 aliphatic rings. The first-order chi connectivity index (χ1) is 57.7. The molecule has 25 nitrogen and oxygen atoms in total. The van der Waals surface area contributed by atoms with E-state index in [1.54, 1.807) is 58.1 Å². The minimum Gasteiger partial charge on any atom is -0.508 e. The fraction of sp³-hybridized carbons (Fsp3) is 0.649. The first-order valence-electron chi connectivity index (χ1n) is 43.2. The van der Waals surface area contributed by atoms with Gasteiger partial charge in [0.1, 0.15) is 29.4 Å². The quantitative estimate of drug-likeness (QED) is 0.0304. The van der Waals surface area contributed by atoms with E-state index in [2.05, 4.69) is 56.9 Å². The lowest BCUT2D eigenvalue weighted by Gasteiger charge is -2.62. The summed E-state index contributed by atoms with van der Waals surface area (Å²) in [7, 11) is 0. The number of benzene rings is 2. The number of aryl methyl sites for hydroxylation is 2. The first-order valence-corrected chi connectivity index (χ1v) is 44.6. The van der Waals surface area contributed by atoms with Crippen molar-refractivity contribution in [2.45, 2.75) is 244 Å². The maximum absolute atomic E-state index is 14.1. The number of rotatable bonds is 14. The molecule has 28 heteroatoms. The number of aromatic hydroxyl groups is 1. The molecule has 16 rings (SSSR count). The molecular weight excluding hydrogens is 1630 g/mol. The average Bonchev–Trinajstić information content (AvgIpc) is 1.49. The zero-order chi connectivity index (χ0) is 89.2. The molecular formula is C94H124Cl3N3O22. The van der Waals surface area contributed by atoms with Crippen molar-refractivity contribution < 1.29 is 107 Å². The van der Waals surface area contributed by atoms with Crippen LogP contribution in [0.4, 0.5) is 0 Å². The molecule has 2 aromatic rings. The number of oxime groups is 2. The Balaban J connectivity index is 0.000000160. The van der Waals surface area contributed by atoms with Crippen LogP contribution in [0, 0.1) is 117 Å². The Labute approximate surface area is 730 Å². The van der Waals surface area contributed by atoms with Crippen molar-refractivity contribution in [3.63, 3.8) is 0 Å². The number of alkyl halides is 3. The maximum atomic E-state index is 14.1. The van der Waals surface area contributed by atoms with Crippen LogP contribution in [0.5, 0.6) is 11.5 Å². The SMILES string of the molecule is CCC(=O)OCC(=O)[C@@]1(OC(=O)CC)[C@H](C)C[C@H]2[C@H]3[C@H]([C@@H](O)C[C@@]21C)[C@@]1(C)C=C/C(=N/O)C=C1C[C@H]3Cl.CCC(=O)OCC(=O)[C@@]1(OC(=O)CC)[C@H](C)C[C@H]2[C@H]3[C@H]([C@@H](O)C[C@@]21C)[C@@]1(C)C=C/C(=N\Oc2cccc(C)c2)C=C1C[C@H]3Cl.C[C@@H]1C[C@H]2[C@H]3[C@H]([C@@H](O)C[C@]2(C)[C@]12OCOC21COCO1)[C@@]1(C)C=CC(=O)C=C1C[C@H]3Cl.Cc1cccc(O)c1.NO. The number of phenolic OH excluding ortho intramolecular Hbond substituents is 1. The molecule has 2 aromatic carbocycles. The summed E-state index contributed by atoms with van der Waals surface area (Å²) in [5, 5.41) is 67.0. The fourth-order valence-electron chi connectivity index (χ4n) is 26.4. The summed E-state index contributed by atoms with van der Waals surface area (Å²) >= 11 is 21.5. The topological polar surface area (TPSA) is 375 Å². The summed E-state index contributed by atoms with van der Waals surface area (Å²) in [6.45, 7) is 28.8. The third-order valence-corrected chi connectivity index (χ3v) is 32.9. The first kappa shape index (κ1) is 94.2. The number of ether oxygens (including phenoxy) is 8. The van der Waals surface area contributed by atoms with Gasteiger partial charge in [0.25, 0.3) is 0 Å². The molecule has 2 saturated heterocycles. The maximum Gasteiger partial charge on any atom is 0.306 e. The van der Waals surface area contributed by atoms with E-state index in [9.17, 15) is 54.1 Å². The van der Waals surface area contributed by atoms with Gasteiger partial charge in [0.05, 0.1) is 18.3 Å². The van der Waals surface area contributed by atoms with E-state index in [-0.39, 0.29) is 156 Å². The van der Waals surface area contributed by atoms with Gasteiger partial charge >= 0.3 is 23.9 Å². The van der Waals surface area contributed by atoms with E-state index in [0.717, 1.165) is 34.3 Å². The highest BCUT2D eigenvalue weighted by Crippen LogP contribution is 2.75. The molecule has 0 aromatic heterocycles. The lowest BCUT2D eigenvalue weighted by Crippen LogP contribution is -2.68. The Morgan fingerprint density at radius 2 is 0.943 bits per heavy atom. The number of phenols is 1. The lowest BCUT2D eigenvalue weighted by atomic mass is 9.45. The van der Waals surface area contributed by atoms with Gasteiger partial charge in [0, 0.05) is 104 Å². The van der Waals surface area contributed by atoms with Crippen LogP contribution in [0.1, 0.15) is 185 Å². The largest absolute Gasteiger partial charge is 0.508 e. The van der Waals surface area contributed by atoms with Crippen molar-refractivity contribution in [1.29, 1.82) is 0 Å². The number of esters is 4. The predicted octanol–water partition coefficient (Wildman–Crippen LogP) is 14.5. The van der Waals surface area contributed by atoms with Crippen LogP contribution in [-0.4, -0.2) is 174 Å². The predicted molar refractivity (Wildman–Crippen MR) is 455 cm³/mol. The number of carbonyl (C=O) groups excluding carboxylic acids is 7. The van der Waals surface area contributed by atoms with Gasteiger partial charge < -0.3 is 73.6 Å². The second-order valence-electron chi connectivity index (χ2n) is 37.8. The summed E-state index contributed by atoms with van der Waals surface area (Å²) in [4.78, 5) is 95.2. The lowest BCUT2D eigenvalue weighted by molar-refractivity contribution is -0.265. The van der Waals surface area contributed by atoms with Crippen LogP contribution in [0.15, 0.2) is 130 Å². The number of Topliss-reactive ketones (excluding diaryl/α,β-unsaturated/α-hetero) is 2. The molecule has 2 aliphatic heterocycles. The third-order valence-electron chi connectivity index (χ3n) is 31.5. The molecule has 28 atom stereocenters. The van der Waals surface area contributed by atoms with Crippen LogP contribution in [0.25, 0.3) is 0 Å². The molecule has 9 saturated carbocycles. The number of hydrogen-bond donors (Lipinski definition) is 7. The van der Waals surface area contributed by atoms with E-state index in [1.807, 2.05) is 108 Å². The molecule has 0 radical (unpaired) electrons. The molecule has 0 amide bonds. The summed E-state index contributed by atoms with van der Waals surface area (Å²) in [6.07, 6.45) is 20.2. The Kier molecular flexibility index (Phi) is 27.8.